The number of aryl methyl sites for hydroxylation is 1. The standard InChI is InChI=1S/C17H18FNO2/c1-3-10-5-4-6-11-14(17(20)21)12-7-9(2)8-13(18)16(12)19-15(10)11/h7-8,10H,3-6H2,1-2H3,(H,20,21). The highest BCUT2D eigenvalue weighted by Gasteiger charge is 2.28. The summed E-state index contributed by atoms with van der Waals surface area (Å²) in [6.07, 6.45) is 3.58. The molecular formula is C17H18FNO2. The first kappa shape index (κ1) is 14.0. The van der Waals surface area contributed by atoms with Crippen LogP contribution in [0.2, 0.25) is 0 Å². The number of carboxylic acid groups (broad SMARTS) is 1. The number of aromatic nitrogens is 1. The van der Waals surface area contributed by atoms with Gasteiger partial charge in [0.05, 0.1) is 5.56 Å². The lowest BCUT2D eigenvalue weighted by Crippen LogP contribution is -2.17. The molecule has 1 atom stereocenters. The number of hydrogen-bond acceptors (Lipinski definition) is 2. The number of hydrogen-bond donors (Lipinski definition) is 1. The first-order valence-electron chi connectivity index (χ1n) is 7.38. The van der Waals surface area contributed by atoms with Crippen molar-refractivity contribution in [3.63, 3.8) is 0 Å². The Balaban J connectivity index is 2.43. The minimum absolute atomic E-state index is 0.192. The summed E-state index contributed by atoms with van der Waals surface area (Å²) in [7, 11) is 0. The van der Waals surface area contributed by atoms with Crippen LogP contribution in [0.25, 0.3) is 10.9 Å². The van der Waals surface area contributed by atoms with Gasteiger partial charge in [0.2, 0.25) is 0 Å². The van der Waals surface area contributed by atoms with E-state index in [0.29, 0.717) is 17.4 Å². The number of pyridine rings is 1. The second kappa shape index (κ2) is 5.10. The molecule has 0 bridgehead atoms. The Bertz CT molecular complexity index is 739. The molecule has 1 unspecified atom stereocenters. The fourth-order valence-corrected chi connectivity index (χ4v) is 3.41. The van der Waals surface area contributed by atoms with Gasteiger partial charge in [0, 0.05) is 17.0 Å². The Morgan fingerprint density at radius 1 is 1.48 bits per heavy atom. The molecule has 0 aliphatic heterocycles. The summed E-state index contributed by atoms with van der Waals surface area (Å²) in [6.45, 7) is 3.83. The van der Waals surface area contributed by atoms with Crippen molar-refractivity contribution in [2.75, 3.05) is 0 Å². The van der Waals surface area contributed by atoms with Crippen LogP contribution in [-0.4, -0.2) is 16.1 Å². The van der Waals surface area contributed by atoms with Crippen molar-refractivity contribution in [1.82, 2.24) is 4.98 Å². The summed E-state index contributed by atoms with van der Waals surface area (Å²) in [5.74, 6) is -1.19. The maximum Gasteiger partial charge on any atom is 0.336 e. The third-order valence-electron chi connectivity index (χ3n) is 4.39. The molecule has 1 aromatic heterocycles. The zero-order valence-electron chi connectivity index (χ0n) is 12.2. The van der Waals surface area contributed by atoms with Crippen LogP contribution in [0, 0.1) is 12.7 Å². The monoisotopic (exact) mass is 287 g/mol. The number of benzene rings is 1. The Morgan fingerprint density at radius 3 is 2.90 bits per heavy atom. The van der Waals surface area contributed by atoms with Crippen molar-refractivity contribution >= 4 is 16.9 Å². The quantitative estimate of drug-likeness (QED) is 0.900. The number of carboxylic acids is 1. The molecule has 1 heterocycles. The SMILES string of the molecule is CCC1CCCc2c1nc1c(F)cc(C)cc1c2C(=O)O. The van der Waals surface area contributed by atoms with Gasteiger partial charge < -0.3 is 5.11 Å². The summed E-state index contributed by atoms with van der Waals surface area (Å²) in [5, 5.41) is 10.1. The van der Waals surface area contributed by atoms with Crippen LogP contribution in [-0.2, 0) is 6.42 Å². The molecule has 21 heavy (non-hydrogen) atoms. The third kappa shape index (κ3) is 2.19. The summed E-state index contributed by atoms with van der Waals surface area (Å²) >= 11 is 0. The number of fused-ring (bicyclic) bond motifs is 2. The van der Waals surface area contributed by atoms with E-state index in [9.17, 15) is 14.3 Å². The number of nitrogens with zero attached hydrogens (tertiary/aromatic N) is 1. The summed E-state index contributed by atoms with van der Waals surface area (Å²) in [4.78, 5) is 16.3. The van der Waals surface area contributed by atoms with Crippen LogP contribution < -0.4 is 0 Å². The fraction of sp³-hybridized carbons (Fsp3) is 0.412. The van der Waals surface area contributed by atoms with Crippen molar-refractivity contribution in [3.05, 3.63) is 40.3 Å². The molecule has 0 radical (unpaired) electrons. The zero-order chi connectivity index (χ0) is 15.1. The highest BCUT2D eigenvalue weighted by molar-refractivity contribution is 6.04. The summed E-state index contributed by atoms with van der Waals surface area (Å²) < 4.78 is 14.2. The van der Waals surface area contributed by atoms with Gasteiger partial charge in [0.15, 0.2) is 0 Å². The molecule has 3 nitrogen and oxygen atoms in total. The number of aromatic carboxylic acids is 1. The lowest BCUT2D eigenvalue weighted by atomic mass is 9.82. The Kier molecular flexibility index (Phi) is 3.40. The molecule has 1 N–H and O–H groups in total. The molecule has 1 aromatic carbocycles. The van der Waals surface area contributed by atoms with Gasteiger partial charge in [0.25, 0.3) is 0 Å². The molecule has 0 saturated carbocycles. The molecule has 4 heteroatoms. The van der Waals surface area contributed by atoms with E-state index in [0.717, 1.165) is 30.5 Å². The number of carbonyl (C=O) groups is 1. The summed E-state index contributed by atoms with van der Waals surface area (Å²) in [6, 6.07) is 3.14. The molecular weight excluding hydrogens is 269 g/mol. The lowest BCUT2D eigenvalue weighted by Gasteiger charge is -2.25. The van der Waals surface area contributed by atoms with Gasteiger partial charge in [-0.25, -0.2) is 14.2 Å². The highest BCUT2D eigenvalue weighted by atomic mass is 19.1. The topological polar surface area (TPSA) is 50.2 Å². The van der Waals surface area contributed by atoms with Crippen LogP contribution >= 0.6 is 0 Å². The van der Waals surface area contributed by atoms with Gasteiger partial charge in [-0.3, -0.25) is 0 Å². The maximum absolute atomic E-state index is 14.2. The smallest absolute Gasteiger partial charge is 0.336 e. The van der Waals surface area contributed by atoms with Gasteiger partial charge >= 0.3 is 5.97 Å². The first-order valence-corrected chi connectivity index (χ1v) is 7.38. The second-order valence-corrected chi connectivity index (χ2v) is 5.80. The predicted octanol–water partition coefficient (Wildman–Crippen LogP) is 4.21. The fourth-order valence-electron chi connectivity index (χ4n) is 3.41. The molecule has 3 rings (SSSR count). The van der Waals surface area contributed by atoms with E-state index in [1.807, 2.05) is 0 Å². The van der Waals surface area contributed by atoms with E-state index in [2.05, 4.69) is 11.9 Å². The number of rotatable bonds is 2. The van der Waals surface area contributed by atoms with Gasteiger partial charge in [-0.1, -0.05) is 6.92 Å². The van der Waals surface area contributed by atoms with Crippen LogP contribution in [0.5, 0.6) is 0 Å². The van der Waals surface area contributed by atoms with E-state index in [-0.39, 0.29) is 17.0 Å². The molecule has 0 amide bonds. The third-order valence-corrected chi connectivity index (χ3v) is 4.39. The van der Waals surface area contributed by atoms with Crippen LogP contribution in [0.1, 0.15) is 59.3 Å². The van der Waals surface area contributed by atoms with E-state index in [1.165, 1.54) is 6.07 Å². The van der Waals surface area contributed by atoms with E-state index < -0.39 is 11.8 Å². The van der Waals surface area contributed by atoms with Crippen molar-refractivity contribution in [3.8, 4) is 0 Å². The first-order chi connectivity index (χ1) is 10.0. The molecule has 110 valence electrons. The Hall–Kier alpha value is -1.97. The van der Waals surface area contributed by atoms with Crippen molar-refractivity contribution < 1.29 is 14.3 Å². The highest BCUT2D eigenvalue weighted by Crippen LogP contribution is 2.37. The molecule has 1 aliphatic rings. The minimum Gasteiger partial charge on any atom is -0.478 e. The van der Waals surface area contributed by atoms with Crippen LogP contribution in [0.3, 0.4) is 0 Å². The van der Waals surface area contributed by atoms with Crippen molar-refractivity contribution in [1.29, 1.82) is 0 Å². The second-order valence-electron chi connectivity index (χ2n) is 5.80. The average molecular weight is 287 g/mol. The van der Waals surface area contributed by atoms with Gasteiger partial charge in [0.1, 0.15) is 11.3 Å². The van der Waals surface area contributed by atoms with E-state index in [4.69, 9.17) is 0 Å². The molecule has 0 spiro atoms. The van der Waals surface area contributed by atoms with Gasteiger partial charge in [-0.2, -0.15) is 0 Å². The number of halogens is 1. The normalized spacial score (nSPS) is 17.8. The summed E-state index contributed by atoms with van der Waals surface area (Å²) in [5.41, 5.74) is 2.74. The van der Waals surface area contributed by atoms with E-state index in [1.54, 1.807) is 13.0 Å². The Labute approximate surface area is 122 Å². The maximum atomic E-state index is 14.2. The van der Waals surface area contributed by atoms with Crippen molar-refractivity contribution in [2.24, 2.45) is 0 Å². The van der Waals surface area contributed by atoms with E-state index >= 15 is 0 Å². The van der Waals surface area contributed by atoms with Crippen molar-refractivity contribution in [2.45, 2.75) is 45.4 Å². The minimum atomic E-state index is -0.986. The molecule has 0 saturated heterocycles. The largest absolute Gasteiger partial charge is 0.478 e. The lowest BCUT2D eigenvalue weighted by molar-refractivity contribution is 0.0697. The van der Waals surface area contributed by atoms with Gasteiger partial charge in [-0.05, 0) is 55.9 Å². The average Bonchev–Trinajstić information content (AvgIpc) is 2.44. The predicted molar refractivity (Wildman–Crippen MR) is 79.4 cm³/mol. The molecule has 1 aliphatic carbocycles. The Morgan fingerprint density at radius 2 is 2.24 bits per heavy atom. The van der Waals surface area contributed by atoms with Crippen LogP contribution in [0.15, 0.2) is 12.1 Å². The molecule has 0 fully saturated rings. The van der Waals surface area contributed by atoms with Gasteiger partial charge in [-0.15, -0.1) is 0 Å². The molecule has 2 aromatic rings. The zero-order valence-corrected chi connectivity index (χ0v) is 12.2. The van der Waals surface area contributed by atoms with Crippen LogP contribution in [0.4, 0.5) is 4.39 Å².